The minimum Gasteiger partial charge on any atom is -0.462 e. The maximum absolute atomic E-state index is 12.5. The van der Waals surface area contributed by atoms with Gasteiger partial charge in [0.1, 0.15) is 24.0 Å². The molecule has 6 unspecified atom stereocenters. The van der Waals surface area contributed by atoms with E-state index in [0.29, 0.717) is 5.75 Å². The van der Waals surface area contributed by atoms with E-state index in [1.165, 1.54) is 16.8 Å². The number of rotatable bonds is 10. The zero-order chi connectivity index (χ0) is 28.7. The van der Waals surface area contributed by atoms with Gasteiger partial charge < -0.3 is 23.6 Å². The van der Waals surface area contributed by atoms with E-state index in [4.69, 9.17) is 30.3 Å². The van der Waals surface area contributed by atoms with Gasteiger partial charge in [-0.2, -0.15) is 0 Å². The molecule has 1 aromatic carbocycles. The lowest BCUT2D eigenvalue weighted by molar-refractivity contribution is -0.149. The first-order valence-electron chi connectivity index (χ1n) is 12.5. The number of hydrogen-bond acceptors (Lipinski definition) is 9. The largest absolute Gasteiger partial charge is 0.462 e. The topological polar surface area (TPSA) is 141 Å². The standard InChI is InChI=1S/C26H34N3O8PS/c1-16(2)11-12-20-23(31)21(36-24(20)29-14-13-22(30)27-26(29)33)15-34-38(39,37-19-9-7-6-8-10-19)28-18(5)25(32)35-17(3)4/h6-10,13-14,16-18,20-21,23-24,31H,15H2,1-5H3,(H,28,39)(H,27,30,33). The number of aliphatic hydroxyl groups excluding tert-OH is 1. The third kappa shape index (κ3) is 8.60. The van der Waals surface area contributed by atoms with Gasteiger partial charge in [0.15, 0.2) is 6.23 Å². The lowest BCUT2D eigenvalue weighted by Crippen LogP contribution is -2.37. The number of ether oxygens (including phenoxy) is 2. The molecule has 0 radical (unpaired) electrons. The molecular formula is C26H34N3O8PS. The van der Waals surface area contributed by atoms with E-state index in [-0.39, 0.29) is 18.6 Å². The van der Waals surface area contributed by atoms with Crippen molar-refractivity contribution in [1.82, 2.24) is 14.6 Å². The van der Waals surface area contributed by atoms with Crippen molar-refractivity contribution in [3.63, 3.8) is 0 Å². The van der Waals surface area contributed by atoms with Crippen molar-refractivity contribution in [3.05, 3.63) is 63.4 Å². The molecule has 0 spiro atoms. The summed E-state index contributed by atoms with van der Waals surface area (Å²) in [6.45, 7) is 5.21. The highest BCUT2D eigenvalue weighted by Crippen LogP contribution is 2.46. The Hall–Kier alpha value is -2.78. The highest BCUT2D eigenvalue weighted by atomic mass is 32.5. The predicted octanol–water partition coefficient (Wildman–Crippen LogP) is 2.32. The zero-order valence-electron chi connectivity index (χ0n) is 22.4. The summed E-state index contributed by atoms with van der Waals surface area (Å²) in [5.41, 5.74) is -1.26. The van der Waals surface area contributed by atoms with Gasteiger partial charge in [-0.15, -0.1) is 0 Å². The summed E-state index contributed by atoms with van der Waals surface area (Å²) in [4.78, 5) is 38.7. The van der Waals surface area contributed by atoms with E-state index >= 15 is 0 Å². The number of nitrogens with one attached hydrogen (secondary N) is 2. The van der Waals surface area contributed by atoms with Crippen molar-refractivity contribution < 1.29 is 28.4 Å². The smallest absolute Gasteiger partial charge is 0.330 e. The first-order chi connectivity index (χ1) is 18.4. The molecule has 0 aliphatic carbocycles. The Bertz CT molecular complexity index is 1350. The molecule has 1 aliphatic heterocycles. The van der Waals surface area contributed by atoms with Gasteiger partial charge in [-0.1, -0.05) is 43.9 Å². The van der Waals surface area contributed by atoms with Crippen molar-refractivity contribution in [3.8, 4) is 17.6 Å². The Labute approximate surface area is 232 Å². The molecule has 1 aromatic heterocycles. The Balaban J connectivity index is 1.85. The van der Waals surface area contributed by atoms with Gasteiger partial charge in [-0.3, -0.25) is 19.1 Å². The molecule has 1 aliphatic rings. The predicted molar refractivity (Wildman–Crippen MR) is 148 cm³/mol. The molecule has 13 heteroatoms. The van der Waals surface area contributed by atoms with E-state index in [1.54, 1.807) is 45.0 Å². The second kappa shape index (κ2) is 13.5. The van der Waals surface area contributed by atoms with E-state index in [0.717, 1.165) is 0 Å². The number of para-hydroxylation sites is 1. The van der Waals surface area contributed by atoms with Gasteiger partial charge in [0.2, 0.25) is 0 Å². The molecule has 3 rings (SSSR count). The number of aromatic nitrogens is 2. The molecule has 39 heavy (non-hydrogen) atoms. The maximum Gasteiger partial charge on any atom is 0.330 e. The number of carbonyl (C=O) groups excluding carboxylic acids is 1. The van der Waals surface area contributed by atoms with Crippen LogP contribution < -0.4 is 20.9 Å². The highest BCUT2D eigenvalue weighted by molar-refractivity contribution is 8.09. The van der Waals surface area contributed by atoms with Crippen LogP contribution in [0, 0.1) is 23.7 Å². The van der Waals surface area contributed by atoms with Gasteiger partial charge >= 0.3 is 18.3 Å². The lowest BCUT2D eigenvalue weighted by atomic mass is 9.99. The third-order valence-corrected chi connectivity index (χ3v) is 7.97. The maximum atomic E-state index is 12.5. The fourth-order valence-corrected chi connectivity index (χ4v) is 6.09. The molecule has 2 heterocycles. The summed E-state index contributed by atoms with van der Waals surface area (Å²) in [5, 5.41) is 14.1. The summed E-state index contributed by atoms with van der Waals surface area (Å²) in [6, 6.07) is 9.06. The minimum atomic E-state index is -3.39. The van der Waals surface area contributed by atoms with Crippen LogP contribution >= 0.6 is 6.64 Å². The first-order valence-corrected chi connectivity index (χ1v) is 15.2. The summed E-state index contributed by atoms with van der Waals surface area (Å²) in [7, 11) is 0. The van der Waals surface area contributed by atoms with Crippen molar-refractivity contribution in [1.29, 1.82) is 0 Å². The van der Waals surface area contributed by atoms with Crippen LogP contribution in [-0.4, -0.2) is 51.6 Å². The van der Waals surface area contributed by atoms with Crippen LogP contribution in [-0.2, 0) is 30.6 Å². The molecule has 6 atom stereocenters. The molecule has 0 amide bonds. The van der Waals surface area contributed by atoms with E-state index in [1.807, 2.05) is 19.9 Å². The van der Waals surface area contributed by atoms with Crippen LogP contribution in [0.4, 0.5) is 0 Å². The first kappa shape index (κ1) is 30.8. The fourth-order valence-electron chi connectivity index (χ4n) is 3.67. The summed E-state index contributed by atoms with van der Waals surface area (Å²) in [5.74, 6) is 5.10. The molecule has 3 N–H and O–H groups in total. The van der Waals surface area contributed by atoms with Gasteiger partial charge in [-0.25, -0.2) is 9.88 Å². The number of benzene rings is 1. The van der Waals surface area contributed by atoms with Crippen molar-refractivity contribution >= 4 is 24.4 Å². The quantitative estimate of drug-likeness (QED) is 0.218. The molecule has 0 saturated carbocycles. The van der Waals surface area contributed by atoms with Crippen LogP contribution in [0.1, 0.15) is 40.8 Å². The Morgan fingerprint density at radius 2 is 1.90 bits per heavy atom. The third-order valence-electron chi connectivity index (χ3n) is 5.47. The van der Waals surface area contributed by atoms with Gasteiger partial charge in [0.25, 0.3) is 5.56 Å². The second-order valence-corrected chi connectivity index (χ2v) is 12.7. The summed E-state index contributed by atoms with van der Waals surface area (Å²) >= 11 is 5.73. The number of H-pyrrole nitrogens is 1. The molecule has 11 nitrogen and oxygen atoms in total. The number of esters is 1. The SMILES string of the molecule is CC(C)C#CC1C(O)C(COP(=S)(NC(C)C(=O)OC(C)C)Oc2ccccc2)OC1n1ccc(=O)[nH]c1=O. The number of hydrogen-bond donors (Lipinski definition) is 3. The zero-order valence-corrected chi connectivity index (χ0v) is 24.1. The average Bonchev–Trinajstić information content (AvgIpc) is 3.16. The second-order valence-electron chi connectivity index (χ2n) is 9.58. The molecule has 2 aromatic rings. The Kier molecular flexibility index (Phi) is 10.7. The van der Waals surface area contributed by atoms with Crippen molar-refractivity contribution in [2.45, 2.75) is 65.2 Å². The fraction of sp³-hybridized carbons (Fsp3) is 0.500. The van der Waals surface area contributed by atoms with Crippen LogP contribution in [0.3, 0.4) is 0 Å². The molecule has 0 bridgehead atoms. The van der Waals surface area contributed by atoms with Crippen LogP contribution in [0.15, 0.2) is 52.2 Å². The highest BCUT2D eigenvalue weighted by Gasteiger charge is 2.45. The monoisotopic (exact) mass is 579 g/mol. The number of nitrogens with zero attached hydrogens (tertiary/aromatic N) is 1. The molecule has 1 fully saturated rings. The number of aromatic amines is 1. The van der Waals surface area contributed by atoms with E-state index in [2.05, 4.69) is 21.9 Å². The van der Waals surface area contributed by atoms with Crippen LogP contribution in [0.5, 0.6) is 5.75 Å². The van der Waals surface area contributed by atoms with Gasteiger partial charge in [0, 0.05) is 18.2 Å². The summed E-state index contributed by atoms with van der Waals surface area (Å²) < 4.78 is 24.5. The van der Waals surface area contributed by atoms with Crippen LogP contribution in [0.25, 0.3) is 0 Å². The summed E-state index contributed by atoms with van der Waals surface area (Å²) in [6.07, 6.45) is -2.15. The Morgan fingerprint density at radius 1 is 1.21 bits per heavy atom. The minimum absolute atomic E-state index is 0.00206. The van der Waals surface area contributed by atoms with Gasteiger partial charge in [0.05, 0.1) is 18.6 Å². The molecule has 1 saturated heterocycles. The van der Waals surface area contributed by atoms with Crippen LogP contribution in [0.2, 0.25) is 0 Å². The van der Waals surface area contributed by atoms with E-state index < -0.39 is 54.3 Å². The molecule has 212 valence electrons. The lowest BCUT2D eigenvalue weighted by Gasteiger charge is -2.28. The van der Waals surface area contributed by atoms with Crippen molar-refractivity contribution in [2.75, 3.05) is 6.61 Å². The average molecular weight is 580 g/mol. The van der Waals surface area contributed by atoms with E-state index in [9.17, 15) is 19.5 Å². The van der Waals surface area contributed by atoms with Crippen molar-refractivity contribution in [2.24, 2.45) is 11.8 Å². The Morgan fingerprint density at radius 3 is 2.51 bits per heavy atom. The number of aliphatic hydroxyl groups is 1. The number of carbonyl (C=O) groups is 1. The van der Waals surface area contributed by atoms with Gasteiger partial charge in [-0.05, 0) is 44.7 Å². The normalized spacial score (nSPS) is 23.1. The molecular weight excluding hydrogens is 545 g/mol.